The molecule has 1 atom stereocenters. The molecule has 10 nitrogen and oxygen atoms in total. The highest BCUT2D eigenvalue weighted by atomic mass is 16.2. The van der Waals surface area contributed by atoms with Gasteiger partial charge in [0.15, 0.2) is 0 Å². The summed E-state index contributed by atoms with van der Waals surface area (Å²) in [5, 5.41) is 9.63. The lowest BCUT2D eigenvalue weighted by Gasteiger charge is -2.34. The summed E-state index contributed by atoms with van der Waals surface area (Å²) in [4.78, 5) is 45.8. The molecule has 0 heterocycles. The quantitative estimate of drug-likeness (QED) is 0.0260. The summed E-state index contributed by atoms with van der Waals surface area (Å²) in [5.74, 6) is -0.623. The van der Waals surface area contributed by atoms with E-state index in [1.54, 1.807) is 0 Å². The van der Waals surface area contributed by atoms with Crippen molar-refractivity contribution in [2.45, 2.75) is 290 Å². The SMILES string of the molecule is CCCCCCCCCCCCCCNC(=O)[C@@H](CCCCN)NC(=O)C(CCCCCCCCCCCCCC)(CCCCCCCCCCCCCC)C(=O)NCCN(CCN)CCN. The second-order valence-electron chi connectivity index (χ2n) is 20.5. The second kappa shape index (κ2) is 50.6. The van der Waals surface area contributed by atoms with E-state index in [9.17, 15) is 14.4 Å². The van der Waals surface area contributed by atoms with Crippen LogP contribution >= 0.6 is 0 Å². The van der Waals surface area contributed by atoms with Crippen LogP contribution in [0.15, 0.2) is 0 Å². The van der Waals surface area contributed by atoms with E-state index in [4.69, 9.17) is 17.2 Å². The Morgan fingerprint density at radius 1 is 0.388 bits per heavy atom. The van der Waals surface area contributed by atoms with Gasteiger partial charge in [-0.2, -0.15) is 0 Å². The van der Waals surface area contributed by atoms with Gasteiger partial charge in [-0.05, 0) is 45.1 Å². The van der Waals surface area contributed by atoms with Crippen LogP contribution in [-0.4, -0.2) is 81.0 Å². The first-order valence-electron chi connectivity index (χ1n) is 29.6. The van der Waals surface area contributed by atoms with Gasteiger partial charge in [0.25, 0.3) is 0 Å². The number of hydrogen-bond donors (Lipinski definition) is 6. The maximum Gasteiger partial charge on any atom is 0.242 e. The lowest BCUT2D eigenvalue weighted by atomic mass is 9.75. The first kappa shape index (κ1) is 65.2. The first-order valence-corrected chi connectivity index (χ1v) is 29.6. The zero-order valence-electron chi connectivity index (χ0n) is 45.1. The van der Waals surface area contributed by atoms with Crippen LogP contribution < -0.4 is 33.2 Å². The van der Waals surface area contributed by atoms with Crippen molar-refractivity contribution in [3.05, 3.63) is 0 Å². The van der Waals surface area contributed by atoms with Gasteiger partial charge in [-0.15, -0.1) is 0 Å². The smallest absolute Gasteiger partial charge is 0.242 e. The fourth-order valence-electron chi connectivity index (χ4n) is 9.77. The molecular weight excluding hydrogens is 831 g/mol. The monoisotopic (exact) mass is 948 g/mol. The zero-order chi connectivity index (χ0) is 49.2. The van der Waals surface area contributed by atoms with Crippen LogP contribution in [0.25, 0.3) is 0 Å². The molecule has 3 amide bonds. The summed E-state index contributed by atoms with van der Waals surface area (Å²) in [5.41, 5.74) is 16.5. The minimum atomic E-state index is -1.24. The Morgan fingerprint density at radius 3 is 1.10 bits per heavy atom. The van der Waals surface area contributed by atoms with Crippen molar-refractivity contribution in [1.82, 2.24) is 20.9 Å². The third kappa shape index (κ3) is 38.7. The van der Waals surface area contributed by atoms with Crippen LogP contribution in [0.4, 0.5) is 0 Å². The summed E-state index contributed by atoms with van der Waals surface area (Å²) in [7, 11) is 0. The molecule has 0 spiro atoms. The van der Waals surface area contributed by atoms with Crippen LogP contribution in [0.3, 0.4) is 0 Å². The summed E-state index contributed by atoms with van der Waals surface area (Å²) in [6.07, 6.45) is 47.5. The van der Waals surface area contributed by atoms with Crippen molar-refractivity contribution >= 4 is 17.7 Å². The molecule has 398 valence electrons. The minimum absolute atomic E-state index is 0.141. The van der Waals surface area contributed by atoms with Crippen molar-refractivity contribution in [2.75, 3.05) is 52.4 Å². The molecule has 0 bridgehead atoms. The fraction of sp³-hybridized carbons (Fsp3) is 0.947. The lowest BCUT2D eigenvalue weighted by molar-refractivity contribution is -0.147. The number of hydrogen-bond acceptors (Lipinski definition) is 7. The Balaban J connectivity index is 5.89. The van der Waals surface area contributed by atoms with Gasteiger partial charge in [0, 0.05) is 45.8 Å². The average Bonchev–Trinajstić information content (AvgIpc) is 3.32. The Hall–Kier alpha value is -1.75. The van der Waals surface area contributed by atoms with Crippen molar-refractivity contribution < 1.29 is 14.4 Å². The van der Waals surface area contributed by atoms with Crippen LogP contribution in [-0.2, 0) is 14.4 Å². The Morgan fingerprint density at radius 2 is 0.746 bits per heavy atom. The molecule has 0 aromatic heterocycles. The molecule has 0 unspecified atom stereocenters. The third-order valence-corrected chi connectivity index (χ3v) is 14.3. The Bertz CT molecular complexity index is 1040. The van der Waals surface area contributed by atoms with Gasteiger partial charge < -0.3 is 33.2 Å². The maximum atomic E-state index is 15.0. The molecule has 10 heteroatoms. The van der Waals surface area contributed by atoms with E-state index in [-0.39, 0.29) is 17.7 Å². The summed E-state index contributed by atoms with van der Waals surface area (Å²) < 4.78 is 0. The van der Waals surface area contributed by atoms with Gasteiger partial charge in [0.1, 0.15) is 11.5 Å². The van der Waals surface area contributed by atoms with Crippen LogP contribution in [0.1, 0.15) is 284 Å². The molecule has 0 rings (SSSR count). The highest BCUT2D eigenvalue weighted by Crippen LogP contribution is 2.34. The number of unbranched alkanes of at least 4 members (excludes halogenated alkanes) is 34. The van der Waals surface area contributed by atoms with E-state index in [0.29, 0.717) is 71.6 Å². The van der Waals surface area contributed by atoms with Crippen molar-refractivity contribution in [3.8, 4) is 0 Å². The van der Waals surface area contributed by atoms with Crippen LogP contribution in [0.5, 0.6) is 0 Å². The molecule has 0 saturated heterocycles. The van der Waals surface area contributed by atoms with E-state index < -0.39 is 11.5 Å². The zero-order valence-corrected chi connectivity index (χ0v) is 45.1. The molecular formula is C57H117N7O3. The molecule has 0 aliphatic heterocycles. The molecule has 9 N–H and O–H groups in total. The number of nitrogens with one attached hydrogen (secondary N) is 3. The Kier molecular flexibility index (Phi) is 49.3. The standard InChI is InChI=1S/C57H117N7O3/c1-4-7-10-13-16-19-22-25-28-31-34-38-43-57(55(66)62-49-52-64(50-46-59)51-47-60,44-39-35-32-29-26-23-20-17-14-11-8-5-2)56(67)63-53(42-37-40-45-58)54(65)61-48-41-36-33-30-27-24-21-18-15-12-9-6-3/h53H,4-52,58-60H2,1-3H3,(H,61,65)(H,62,66)(H,63,67)/t53-/m1/s1. The molecule has 0 aromatic carbocycles. The number of amides is 3. The van der Waals surface area contributed by atoms with E-state index in [1.165, 1.54) is 180 Å². The van der Waals surface area contributed by atoms with Crippen molar-refractivity contribution in [1.29, 1.82) is 0 Å². The Labute approximate surface area is 416 Å². The largest absolute Gasteiger partial charge is 0.354 e. The maximum absolute atomic E-state index is 15.0. The molecule has 67 heavy (non-hydrogen) atoms. The highest BCUT2D eigenvalue weighted by molar-refractivity contribution is 6.06. The molecule has 0 aromatic rings. The van der Waals surface area contributed by atoms with E-state index >= 15 is 0 Å². The topological polar surface area (TPSA) is 169 Å². The molecule has 0 radical (unpaired) electrons. The van der Waals surface area contributed by atoms with Gasteiger partial charge in [0.2, 0.25) is 17.7 Å². The number of carbonyl (C=O) groups is 3. The van der Waals surface area contributed by atoms with Gasteiger partial charge in [-0.3, -0.25) is 19.3 Å². The average molecular weight is 949 g/mol. The van der Waals surface area contributed by atoms with Gasteiger partial charge in [0.05, 0.1) is 0 Å². The number of nitrogens with two attached hydrogens (primary N) is 3. The molecule has 0 aliphatic carbocycles. The normalized spacial score (nSPS) is 12.2. The van der Waals surface area contributed by atoms with Gasteiger partial charge >= 0.3 is 0 Å². The van der Waals surface area contributed by atoms with E-state index in [0.717, 1.165) is 64.2 Å². The lowest BCUT2D eigenvalue weighted by Crippen LogP contribution is -2.57. The van der Waals surface area contributed by atoms with Crippen molar-refractivity contribution in [2.24, 2.45) is 22.6 Å². The van der Waals surface area contributed by atoms with Crippen LogP contribution in [0, 0.1) is 5.41 Å². The number of nitrogens with zero attached hydrogens (tertiary/aromatic N) is 1. The highest BCUT2D eigenvalue weighted by Gasteiger charge is 2.45. The summed E-state index contributed by atoms with van der Waals surface area (Å²) >= 11 is 0. The van der Waals surface area contributed by atoms with Gasteiger partial charge in [-0.1, -0.05) is 245 Å². The fourth-order valence-corrected chi connectivity index (χ4v) is 9.77. The third-order valence-electron chi connectivity index (χ3n) is 14.3. The predicted octanol–water partition coefficient (Wildman–Crippen LogP) is 12.9. The summed E-state index contributed by atoms with van der Waals surface area (Å²) in [6, 6.07) is -0.697. The second-order valence-corrected chi connectivity index (χ2v) is 20.5. The molecule has 0 aliphatic rings. The minimum Gasteiger partial charge on any atom is -0.354 e. The molecule has 0 saturated carbocycles. The number of carbonyl (C=O) groups excluding carboxylic acids is 3. The van der Waals surface area contributed by atoms with E-state index in [1.807, 2.05) is 0 Å². The molecule has 0 fully saturated rings. The number of rotatable bonds is 54. The first-order chi connectivity index (χ1) is 32.9. The van der Waals surface area contributed by atoms with Crippen LogP contribution in [0.2, 0.25) is 0 Å². The summed E-state index contributed by atoms with van der Waals surface area (Å²) in [6.45, 7) is 11.4. The van der Waals surface area contributed by atoms with E-state index in [2.05, 4.69) is 41.6 Å². The van der Waals surface area contributed by atoms with Crippen molar-refractivity contribution in [3.63, 3.8) is 0 Å². The van der Waals surface area contributed by atoms with Gasteiger partial charge in [-0.25, -0.2) is 0 Å². The predicted molar refractivity (Wildman–Crippen MR) is 290 cm³/mol.